The van der Waals surface area contributed by atoms with Crippen LogP contribution in [0.25, 0.3) is 37.8 Å². The van der Waals surface area contributed by atoms with E-state index in [1.165, 1.54) is 24.3 Å². The Hall–Kier alpha value is -3.49. The van der Waals surface area contributed by atoms with Gasteiger partial charge in [0.15, 0.2) is 0 Å². The lowest BCUT2D eigenvalue weighted by Gasteiger charge is -2.18. The standard InChI is InChI=1S/C35H29ClN2O6S4/c1-3-37-29-15-7-23-19-25(47(39,40)41)11-13-27(23)34(29)45-31(37)17-9-21-5-6-22(33(21)36)10-18-32-38(4-2)30-16-8-24-20-26(48(42,43)44)12-14-28(24)35(30)46-32/h7-20H,3-6H2,1-2H3,(H-,39,40,41,42,43,44)/p+1. The van der Waals surface area contributed by atoms with Crippen molar-refractivity contribution < 1.29 is 30.5 Å². The third kappa shape index (κ3) is 5.89. The minimum atomic E-state index is -4.29. The molecule has 0 bridgehead atoms. The second kappa shape index (κ2) is 12.4. The Labute approximate surface area is 291 Å². The molecule has 8 nitrogen and oxygen atoms in total. The summed E-state index contributed by atoms with van der Waals surface area (Å²) in [7, 11) is -8.58. The maximum atomic E-state index is 11.7. The first-order chi connectivity index (χ1) is 22.9. The van der Waals surface area contributed by atoms with Crippen LogP contribution in [0.4, 0.5) is 5.69 Å². The van der Waals surface area contributed by atoms with Crippen LogP contribution >= 0.6 is 34.7 Å². The SMILES string of the molecule is CCN1/C(=C/C=C2\CCC(/C=C/c3sc4c5ccc(S(=O)(=O)O)cc5ccc4[n+]3CC)=C2Cl)Sc2c1ccc1cc(S(=O)(=O)O)ccc21. The molecule has 246 valence electrons. The van der Waals surface area contributed by atoms with Crippen LogP contribution in [-0.4, -0.2) is 32.5 Å². The molecule has 1 aromatic heterocycles. The molecule has 4 aromatic carbocycles. The second-order valence-electron chi connectivity index (χ2n) is 11.4. The molecule has 0 radical (unpaired) electrons. The van der Waals surface area contributed by atoms with E-state index in [2.05, 4.69) is 47.6 Å². The van der Waals surface area contributed by atoms with Crippen LogP contribution in [-0.2, 0) is 26.8 Å². The Morgan fingerprint density at radius 1 is 0.854 bits per heavy atom. The van der Waals surface area contributed by atoms with Gasteiger partial charge in [-0.25, -0.2) is 0 Å². The number of thioether (sulfide) groups is 1. The number of fused-ring (bicyclic) bond motifs is 6. The van der Waals surface area contributed by atoms with Crippen molar-refractivity contribution in [3.63, 3.8) is 0 Å². The Bertz CT molecular complexity index is 2530. The Kier molecular flexibility index (Phi) is 8.56. The fraction of sp³-hybridized carbons (Fsp3) is 0.171. The number of benzene rings is 4. The summed E-state index contributed by atoms with van der Waals surface area (Å²) in [5, 5.41) is 6.16. The molecule has 0 amide bonds. The number of hydrogen-bond acceptors (Lipinski definition) is 7. The highest BCUT2D eigenvalue weighted by Gasteiger charge is 2.27. The molecule has 0 fully saturated rings. The monoisotopic (exact) mass is 737 g/mol. The molecule has 13 heteroatoms. The lowest BCUT2D eigenvalue weighted by Crippen LogP contribution is -2.33. The van der Waals surface area contributed by atoms with Gasteiger partial charge in [-0.2, -0.15) is 21.4 Å². The highest BCUT2D eigenvalue weighted by molar-refractivity contribution is 8.04. The predicted molar refractivity (Wildman–Crippen MR) is 195 cm³/mol. The summed E-state index contributed by atoms with van der Waals surface area (Å²) in [6.45, 7) is 5.68. The van der Waals surface area contributed by atoms with Gasteiger partial charge in [-0.05, 0) is 96.5 Å². The molecular formula is C35H30ClN2O6S4+. The van der Waals surface area contributed by atoms with Crippen LogP contribution in [0.2, 0.25) is 0 Å². The average Bonchev–Trinajstić information content (AvgIpc) is 3.73. The first kappa shape index (κ1) is 33.0. The first-order valence-electron chi connectivity index (χ1n) is 15.2. The molecule has 0 spiro atoms. The Balaban J connectivity index is 1.17. The van der Waals surface area contributed by atoms with E-state index in [1.807, 2.05) is 24.3 Å². The van der Waals surface area contributed by atoms with Crippen molar-refractivity contribution in [1.82, 2.24) is 0 Å². The maximum Gasteiger partial charge on any atom is 0.294 e. The third-order valence-corrected chi connectivity index (χ3v) is 13.3. The molecule has 0 atom stereocenters. The minimum absolute atomic E-state index is 0.125. The molecule has 7 rings (SSSR count). The lowest BCUT2D eigenvalue weighted by molar-refractivity contribution is -0.665. The van der Waals surface area contributed by atoms with E-state index >= 15 is 0 Å². The van der Waals surface area contributed by atoms with E-state index in [-0.39, 0.29) is 9.79 Å². The number of allylic oxidation sites excluding steroid dienone is 6. The molecule has 2 aliphatic rings. The summed E-state index contributed by atoms with van der Waals surface area (Å²) < 4.78 is 68.9. The number of halogens is 1. The molecule has 0 unspecified atom stereocenters. The summed E-state index contributed by atoms with van der Waals surface area (Å²) in [4.78, 5) is 3.01. The van der Waals surface area contributed by atoms with Gasteiger partial charge in [0, 0.05) is 34.0 Å². The third-order valence-electron chi connectivity index (χ3n) is 8.68. The van der Waals surface area contributed by atoms with E-state index in [4.69, 9.17) is 11.6 Å². The molecule has 5 aromatic rings. The van der Waals surface area contributed by atoms with Gasteiger partial charge in [0.1, 0.15) is 11.2 Å². The Morgan fingerprint density at radius 2 is 1.52 bits per heavy atom. The van der Waals surface area contributed by atoms with E-state index in [0.717, 1.165) is 94.5 Å². The van der Waals surface area contributed by atoms with E-state index in [1.54, 1.807) is 35.2 Å². The zero-order chi connectivity index (χ0) is 34.0. The van der Waals surface area contributed by atoms with Crippen molar-refractivity contribution in [2.45, 2.75) is 47.9 Å². The molecule has 2 heterocycles. The zero-order valence-corrected chi connectivity index (χ0v) is 29.9. The van der Waals surface area contributed by atoms with Gasteiger partial charge in [-0.1, -0.05) is 65.1 Å². The van der Waals surface area contributed by atoms with Crippen LogP contribution in [0.15, 0.2) is 115 Å². The van der Waals surface area contributed by atoms with Crippen molar-refractivity contribution in [3.05, 3.63) is 105 Å². The minimum Gasteiger partial charge on any atom is -0.335 e. The fourth-order valence-corrected chi connectivity index (χ4v) is 10.2. The van der Waals surface area contributed by atoms with Crippen molar-refractivity contribution in [1.29, 1.82) is 0 Å². The molecule has 2 N–H and O–H groups in total. The van der Waals surface area contributed by atoms with Crippen LogP contribution in [0, 0.1) is 0 Å². The molecule has 1 aliphatic carbocycles. The molecular weight excluding hydrogens is 708 g/mol. The van der Waals surface area contributed by atoms with Crippen molar-refractivity contribution >= 4 is 98.5 Å². The van der Waals surface area contributed by atoms with E-state index in [0.29, 0.717) is 0 Å². The van der Waals surface area contributed by atoms with Gasteiger partial charge in [0.05, 0.1) is 20.5 Å². The summed E-state index contributed by atoms with van der Waals surface area (Å²) in [6.07, 6.45) is 9.97. The predicted octanol–water partition coefficient (Wildman–Crippen LogP) is 8.71. The summed E-state index contributed by atoms with van der Waals surface area (Å²) in [5.41, 5.74) is 4.21. The topological polar surface area (TPSA) is 116 Å². The Morgan fingerprint density at radius 3 is 2.19 bits per heavy atom. The summed E-state index contributed by atoms with van der Waals surface area (Å²) in [6, 6.07) is 17.1. The van der Waals surface area contributed by atoms with Gasteiger partial charge in [0.25, 0.3) is 25.2 Å². The highest BCUT2D eigenvalue weighted by atomic mass is 35.5. The van der Waals surface area contributed by atoms with Crippen molar-refractivity contribution in [2.24, 2.45) is 0 Å². The molecule has 1 aliphatic heterocycles. The number of anilines is 1. The van der Waals surface area contributed by atoms with E-state index in [9.17, 15) is 25.9 Å². The second-order valence-corrected chi connectivity index (χ2v) is 16.7. The van der Waals surface area contributed by atoms with Crippen LogP contribution in [0.1, 0.15) is 31.7 Å². The normalized spacial score (nSPS) is 17.4. The number of aromatic nitrogens is 1. The quantitative estimate of drug-likeness (QED) is 0.126. The summed E-state index contributed by atoms with van der Waals surface area (Å²) in [5.74, 6) is 0. The van der Waals surface area contributed by atoms with Crippen LogP contribution in [0.3, 0.4) is 0 Å². The zero-order valence-electron chi connectivity index (χ0n) is 25.8. The first-order valence-corrected chi connectivity index (χ1v) is 20.1. The lowest BCUT2D eigenvalue weighted by atomic mass is 10.1. The average molecular weight is 738 g/mol. The van der Waals surface area contributed by atoms with Crippen LogP contribution in [0.5, 0.6) is 0 Å². The summed E-state index contributed by atoms with van der Waals surface area (Å²) >= 11 is 10.2. The van der Waals surface area contributed by atoms with Crippen molar-refractivity contribution in [3.8, 4) is 0 Å². The number of rotatable bonds is 7. The smallest absolute Gasteiger partial charge is 0.294 e. The number of hydrogen-bond donors (Lipinski definition) is 2. The van der Waals surface area contributed by atoms with Gasteiger partial charge in [-0.15, -0.1) is 0 Å². The number of nitrogens with zero attached hydrogens (tertiary/aromatic N) is 2. The highest BCUT2D eigenvalue weighted by Crippen LogP contribution is 2.50. The van der Waals surface area contributed by atoms with Gasteiger partial charge in [0.2, 0.25) is 5.52 Å². The molecule has 48 heavy (non-hydrogen) atoms. The molecule has 0 saturated carbocycles. The van der Waals surface area contributed by atoms with E-state index < -0.39 is 20.2 Å². The van der Waals surface area contributed by atoms with Gasteiger partial charge < -0.3 is 4.90 Å². The van der Waals surface area contributed by atoms with Gasteiger partial charge >= 0.3 is 0 Å². The number of aryl methyl sites for hydroxylation is 1. The maximum absolute atomic E-state index is 11.7. The fourth-order valence-electron chi connectivity index (χ4n) is 6.31. The van der Waals surface area contributed by atoms with Gasteiger partial charge in [-0.3, -0.25) is 9.11 Å². The molecule has 0 saturated heterocycles. The number of thiazole rings is 1. The van der Waals surface area contributed by atoms with Crippen molar-refractivity contribution in [2.75, 3.05) is 11.4 Å². The van der Waals surface area contributed by atoms with Crippen LogP contribution < -0.4 is 9.47 Å². The largest absolute Gasteiger partial charge is 0.335 e.